The van der Waals surface area contributed by atoms with E-state index in [0.29, 0.717) is 5.58 Å². The Balaban J connectivity index is 1.92. The average Bonchev–Trinajstić information content (AvgIpc) is 2.87. The molecule has 0 aliphatic carbocycles. The molecule has 20 heavy (non-hydrogen) atoms. The Hall–Kier alpha value is -2.62. The summed E-state index contributed by atoms with van der Waals surface area (Å²) in [5.41, 5.74) is 1.41. The van der Waals surface area contributed by atoms with Gasteiger partial charge in [-0.25, -0.2) is 0 Å². The Labute approximate surface area is 115 Å². The summed E-state index contributed by atoms with van der Waals surface area (Å²) in [6.45, 7) is 1.86. The second kappa shape index (κ2) is 4.81. The van der Waals surface area contributed by atoms with E-state index in [1.54, 1.807) is 18.3 Å². The standard InChI is InChI=1S/C16H13NO3/c1-11-6-7-16(19)17(9-11)10-13(18)15-8-12-4-2-3-5-14(12)20-15/h2-9H,10H2,1H3. The van der Waals surface area contributed by atoms with Crippen LogP contribution in [0.4, 0.5) is 0 Å². The van der Waals surface area contributed by atoms with Crippen LogP contribution in [0.25, 0.3) is 11.0 Å². The Bertz CT molecular complexity index is 809. The van der Waals surface area contributed by atoms with E-state index in [0.717, 1.165) is 10.9 Å². The first-order valence-corrected chi connectivity index (χ1v) is 6.32. The normalized spacial score (nSPS) is 10.8. The minimum Gasteiger partial charge on any atom is -0.453 e. The highest BCUT2D eigenvalue weighted by molar-refractivity contribution is 5.97. The van der Waals surface area contributed by atoms with Crippen LogP contribution in [0.15, 0.2) is 57.9 Å². The lowest BCUT2D eigenvalue weighted by Crippen LogP contribution is -2.23. The SMILES string of the molecule is Cc1ccc(=O)n(CC(=O)c2cc3ccccc3o2)c1. The smallest absolute Gasteiger partial charge is 0.250 e. The van der Waals surface area contributed by atoms with Crippen molar-refractivity contribution in [3.05, 3.63) is 70.3 Å². The number of hydrogen-bond acceptors (Lipinski definition) is 3. The largest absolute Gasteiger partial charge is 0.453 e. The summed E-state index contributed by atoms with van der Waals surface area (Å²) in [4.78, 5) is 23.9. The number of rotatable bonds is 3. The number of pyridine rings is 1. The van der Waals surface area contributed by atoms with Gasteiger partial charge in [-0.05, 0) is 24.6 Å². The minimum absolute atomic E-state index is 0.0136. The molecule has 0 bridgehead atoms. The molecule has 0 fully saturated rings. The van der Waals surface area contributed by atoms with Crippen molar-refractivity contribution in [1.29, 1.82) is 0 Å². The van der Waals surface area contributed by atoms with Gasteiger partial charge in [0.05, 0.1) is 6.54 Å². The maximum atomic E-state index is 12.2. The minimum atomic E-state index is -0.214. The van der Waals surface area contributed by atoms with Crippen molar-refractivity contribution >= 4 is 16.8 Å². The van der Waals surface area contributed by atoms with Crippen LogP contribution in [-0.2, 0) is 6.54 Å². The van der Waals surface area contributed by atoms with Gasteiger partial charge >= 0.3 is 0 Å². The highest BCUT2D eigenvalue weighted by atomic mass is 16.3. The second-order valence-electron chi connectivity index (χ2n) is 4.74. The molecule has 100 valence electrons. The number of hydrogen-bond donors (Lipinski definition) is 0. The first-order chi connectivity index (χ1) is 9.63. The predicted molar refractivity (Wildman–Crippen MR) is 76.0 cm³/mol. The molecule has 1 aromatic carbocycles. The van der Waals surface area contributed by atoms with Crippen molar-refractivity contribution in [1.82, 2.24) is 4.57 Å². The lowest BCUT2D eigenvalue weighted by atomic mass is 10.2. The first kappa shape index (κ1) is 12.4. The van der Waals surface area contributed by atoms with Crippen LogP contribution in [0.2, 0.25) is 0 Å². The van der Waals surface area contributed by atoms with E-state index < -0.39 is 0 Å². The third-order valence-corrected chi connectivity index (χ3v) is 3.15. The van der Waals surface area contributed by atoms with E-state index in [4.69, 9.17) is 4.42 Å². The molecule has 0 saturated carbocycles. The van der Waals surface area contributed by atoms with E-state index in [2.05, 4.69) is 0 Å². The van der Waals surface area contributed by atoms with Gasteiger partial charge in [-0.2, -0.15) is 0 Å². The monoisotopic (exact) mass is 267 g/mol. The van der Waals surface area contributed by atoms with E-state index in [9.17, 15) is 9.59 Å². The molecule has 0 aliphatic heterocycles. The Morgan fingerprint density at radius 2 is 2.00 bits per heavy atom. The number of Topliss-reactive ketones (excluding diaryl/α,β-unsaturated/α-hetero) is 1. The molecule has 0 saturated heterocycles. The van der Waals surface area contributed by atoms with Gasteiger partial charge in [-0.3, -0.25) is 9.59 Å². The zero-order valence-corrected chi connectivity index (χ0v) is 11.0. The van der Waals surface area contributed by atoms with E-state index in [1.807, 2.05) is 31.2 Å². The molecule has 0 N–H and O–H groups in total. The molecule has 4 heteroatoms. The zero-order valence-electron chi connectivity index (χ0n) is 11.0. The number of ketones is 1. The molecule has 0 unspecified atom stereocenters. The van der Waals surface area contributed by atoms with E-state index >= 15 is 0 Å². The van der Waals surface area contributed by atoms with Crippen LogP contribution < -0.4 is 5.56 Å². The maximum Gasteiger partial charge on any atom is 0.250 e. The maximum absolute atomic E-state index is 12.2. The van der Waals surface area contributed by atoms with Crippen molar-refractivity contribution in [2.24, 2.45) is 0 Å². The van der Waals surface area contributed by atoms with Crippen LogP contribution in [0, 0.1) is 6.92 Å². The Kier molecular flexibility index (Phi) is 2.99. The number of fused-ring (bicyclic) bond motifs is 1. The summed E-state index contributed by atoms with van der Waals surface area (Å²) in [6, 6.07) is 12.3. The second-order valence-corrected chi connectivity index (χ2v) is 4.74. The summed E-state index contributed by atoms with van der Waals surface area (Å²) in [7, 11) is 0. The van der Waals surface area contributed by atoms with Crippen molar-refractivity contribution in [3.8, 4) is 0 Å². The third-order valence-electron chi connectivity index (χ3n) is 3.15. The van der Waals surface area contributed by atoms with Crippen LogP contribution in [0.1, 0.15) is 16.1 Å². The molecule has 0 spiro atoms. The van der Waals surface area contributed by atoms with Gasteiger partial charge in [0.15, 0.2) is 5.76 Å². The molecule has 0 aliphatic rings. The molecule has 4 nitrogen and oxygen atoms in total. The molecule has 2 aromatic heterocycles. The van der Waals surface area contributed by atoms with E-state index in [1.165, 1.54) is 10.6 Å². The van der Waals surface area contributed by atoms with Crippen molar-refractivity contribution < 1.29 is 9.21 Å². The number of carbonyl (C=O) groups excluding carboxylic acids is 1. The summed E-state index contributed by atoms with van der Waals surface area (Å²) >= 11 is 0. The number of aromatic nitrogens is 1. The Morgan fingerprint density at radius 3 is 2.80 bits per heavy atom. The van der Waals surface area contributed by atoms with Gasteiger partial charge in [0.1, 0.15) is 5.58 Å². The predicted octanol–water partition coefficient (Wildman–Crippen LogP) is 2.79. The van der Waals surface area contributed by atoms with Crippen LogP contribution in [-0.4, -0.2) is 10.4 Å². The lowest BCUT2D eigenvalue weighted by Gasteiger charge is -2.03. The fourth-order valence-corrected chi connectivity index (χ4v) is 2.13. The zero-order chi connectivity index (χ0) is 14.1. The molecule has 3 rings (SSSR count). The third kappa shape index (κ3) is 2.28. The fraction of sp³-hybridized carbons (Fsp3) is 0.125. The topological polar surface area (TPSA) is 52.2 Å². The van der Waals surface area contributed by atoms with Crippen LogP contribution >= 0.6 is 0 Å². The number of benzene rings is 1. The fourth-order valence-electron chi connectivity index (χ4n) is 2.13. The molecule has 0 amide bonds. The summed E-state index contributed by atoms with van der Waals surface area (Å²) in [5, 5.41) is 0.882. The van der Waals surface area contributed by atoms with Crippen LogP contribution in [0.3, 0.4) is 0 Å². The first-order valence-electron chi connectivity index (χ1n) is 6.32. The van der Waals surface area contributed by atoms with Gasteiger partial charge in [-0.1, -0.05) is 24.3 Å². The van der Waals surface area contributed by atoms with Crippen molar-refractivity contribution in [2.75, 3.05) is 0 Å². The number of nitrogens with zero attached hydrogens (tertiary/aromatic N) is 1. The van der Waals surface area contributed by atoms with Gasteiger partial charge in [0.2, 0.25) is 5.78 Å². The Morgan fingerprint density at radius 1 is 1.20 bits per heavy atom. The number of furan rings is 1. The van der Waals surface area contributed by atoms with Gasteiger partial charge in [0, 0.05) is 17.6 Å². The molecular formula is C16H13NO3. The lowest BCUT2D eigenvalue weighted by molar-refractivity contribution is 0.0946. The average molecular weight is 267 g/mol. The summed E-state index contributed by atoms with van der Waals surface area (Å²) in [5.74, 6) is 0.0634. The number of para-hydroxylation sites is 1. The molecular weight excluding hydrogens is 254 g/mol. The highest BCUT2D eigenvalue weighted by Gasteiger charge is 2.13. The highest BCUT2D eigenvalue weighted by Crippen LogP contribution is 2.19. The molecule has 2 heterocycles. The van der Waals surface area contributed by atoms with Crippen molar-refractivity contribution in [2.45, 2.75) is 13.5 Å². The quantitative estimate of drug-likeness (QED) is 0.686. The summed E-state index contributed by atoms with van der Waals surface area (Å²) < 4.78 is 6.90. The number of aryl methyl sites for hydroxylation is 1. The van der Waals surface area contributed by atoms with E-state index in [-0.39, 0.29) is 23.6 Å². The van der Waals surface area contributed by atoms with Gasteiger partial charge < -0.3 is 8.98 Å². The van der Waals surface area contributed by atoms with Crippen molar-refractivity contribution in [3.63, 3.8) is 0 Å². The molecule has 0 atom stereocenters. The van der Waals surface area contributed by atoms with Gasteiger partial charge in [-0.15, -0.1) is 0 Å². The van der Waals surface area contributed by atoms with Gasteiger partial charge in [0.25, 0.3) is 5.56 Å². The molecule has 0 radical (unpaired) electrons. The van der Waals surface area contributed by atoms with Crippen LogP contribution in [0.5, 0.6) is 0 Å². The summed E-state index contributed by atoms with van der Waals surface area (Å²) in [6.07, 6.45) is 1.67. The number of carbonyl (C=O) groups is 1. The molecule has 3 aromatic rings.